The highest BCUT2D eigenvalue weighted by Gasteiger charge is 2.12. The SMILES string of the molecule is CCN(CCN)C(=O)c1ccnnc1. The lowest BCUT2D eigenvalue weighted by molar-refractivity contribution is 0.0768. The number of carbonyl (C=O) groups is 1. The number of nitrogens with zero attached hydrogens (tertiary/aromatic N) is 3. The van der Waals surface area contributed by atoms with Crippen molar-refractivity contribution in [2.45, 2.75) is 6.92 Å². The predicted molar refractivity (Wildman–Crippen MR) is 52.7 cm³/mol. The zero-order chi connectivity index (χ0) is 10.4. The fourth-order valence-corrected chi connectivity index (χ4v) is 1.16. The Kier molecular flexibility index (Phi) is 4.00. The zero-order valence-corrected chi connectivity index (χ0v) is 8.18. The molecule has 0 radical (unpaired) electrons. The van der Waals surface area contributed by atoms with Gasteiger partial charge in [0, 0.05) is 19.6 Å². The predicted octanol–water partition coefficient (Wildman–Crippen LogP) is -0.103. The van der Waals surface area contributed by atoms with Crippen LogP contribution in [0, 0.1) is 0 Å². The summed E-state index contributed by atoms with van der Waals surface area (Å²) in [5.74, 6) is -0.0483. The van der Waals surface area contributed by atoms with Crippen LogP contribution in [0.15, 0.2) is 18.5 Å². The third kappa shape index (κ3) is 2.50. The second-order valence-electron chi connectivity index (χ2n) is 2.80. The number of carbonyl (C=O) groups excluding carboxylic acids is 1. The van der Waals surface area contributed by atoms with E-state index in [1.807, 2.05) is 6.92 Å². The normalized spacial score (nSPS) is 9.86. The highest BCUT2D eigenvalue weighted by Crippen LogP contribution is 2.00. The first kappa shape index (κ1) is 10.6. The number of nitrogens with two attached hydrogens (primary N) is 1. The molecule has 0 fully saturated rings. The Bertz CT molecular complexity index is 288. The standard InChI is InChI=1S/C9H14N4O/c1-2-13(6-4-10)9(14)8-3-5-11-12-7-8/h3,5,7H,2,4,6,10H2,1H3. The summed E-state index contributed by atoms with van der Waals surface area (Å²) in [5, 5.41) is 7.27. The second-order valence-corrected chi connectivity index (χ2v) is 2.80. The summed E-state index contributed by atoms with van der Waals surface area (Å²) < 4.78 is 0. The van der Waals surface area contributed by atoms with Crippen LogP contribution < -0.4 is 5.73 Å². The van der Waals surface area contributed by atoms with Gasteiger partial charge in [-0.05, 0) is 13.0 Å². The molecule has 0 unspecified atom stereocenters. The molecule has 0 aliphatic rings. The number of amides is 1. The molecule has 0 aliphatic heterocycles. The molecule has 0 bridgehead atoms. The first-order valence-corrected chi connectivity index (χ1v) is 4.55. The van der Waals surface area contributed by atoms with Gasteiger partial charge in [0.1, 0.15) is 0 Å². The van der Waals surface area contributed by atoms with Crippen molar-refractivity contribution in [3.8, 4) is 0 Å². The van der Waals surface area contributed by atoms with Gasteiger partial charge in [0.25, 0.3) is 5.91 Å². The Labute approximate surface area is 82.9 Å². The van der Waals surface area contributed by atoms with Crippen LogP contribution in [0.5, 0.6) is 0 Å². The van der Waals surface area contributed by atoms with Crippen molar-refractivity contribution in [3.63, 3.8) is 0 Å². The van der Waals surface area contributed by atoms with Gasteiger partial charge in [-0.2, -0.15) is 10.2 Å². The van der Waals surface area contributed by atoms with Crippen LogP contribution in [0.3, 0.4) is 0 Å². The Morgan fingerprint density at radius 2 is 2.36 bits per heavy atom. The van der Waals surface area contributed by atoms with Crippen molar-refractivity contribution >= 4 is 5.91 Å². The Morgan fingerprint density at radius 1 is 1.57 bits per heavy atom. The minimum atomic E-state index is -0.0483. The molecule has 0 aliphatic carbocycles. The molecule has 14 heavy (non-hydrogen) atoms. The number of rotatable bonds is 4. The molecule has 5 heteroatoms. The average molecular weight is 194 g/mol. The quantitative estimate of drug-likeness (QED) is 0.726. The maximum absolute atomic E-state index is 11.8. The Morgan fingerprint density at radius 3 is 2.86 bits per heavy atom. The highest BCUT2D eigenvalue weighted by molar-refractivity contribution is 5.93. The van der Waals surface area contributed by atoms with Crippen LogP contribution in [-0.4, -0.2) is 40.6 Å². The molecule has 0 saturated carbocycles. The molecule has 0 saturated heterocycles. The molecule has 1 amide bonds. The van der Waals surface area contributed by atoms with E-state index in [2.05, 4.69) is 10.2 Å². The van der Waals surface area contributed by atoms with E-state index in [-0.39, 0.29) is 5.91 Å². The van der Waals surface area contributed by atoms with E-state index >= 15 is 0 Å². The number of hydrogen-bond donors (Lipinski definition) is 1. The molecule has 1 aromatic heterocycles. The summed E-state index contributed by atoms with van der Waals surface area (Å²) >= 11 is 0. The monoisotopic (exact) mass is 194 g/mol. The van der Waals surface area contributed by atoms with Crippen molar-refractivity contribution in [2.24, 2.45) is 5.73 Å². The van der Waals surface area contributed by atoms with E-state index < -0.39 is 0 Å². The fraction of sp³-hybridized carbons (Fsp3) is 0.444. The summed E-state index contributed by atoms with van der Waals surface area (Å²) in [6.45, 7) is 3.61. The van der Waals surface area contributed by atoms with Crippen LogP contribution in [0.4, 0.5) is 0 Å². The topological polar surface area (TPSA) is 72.1 Å². The lowest BCUT2D eigenvalue weighted by Gasteiger charge is -2.19. The van der Waals surface area contributed by atoms with Gasteiger partial charge in [-0.15, -0.1) is 0 Å². The fourth-order valence-electron chi connectivity index (χ4n) is 1.16. The van der Waals surface area contributed by atoms with Gasteiger partial charge >= 0.3 is 0 Å². The van der Waals surface area contributed by atoms with E-state index in [4.69, 9.17) is 5.73 Å². The number of likely N-dealkylation sites (N-methyl/N-ethyl adjacent to an activating group) is 1. The molecule has 0 aromatic carbocycles. The second kappa shape index (κ2) is 5.29. The lowest BCUT2D eigenvalue weighted by atomic mass is 10.2. The van der Waals surface area contributed by atoms with Crippen molar-refractivity contribution in [2.75, 3.05) is 19.6 Å². The smallest absolute Gasteiger partial charge is 0.255 e. The van der Waals surface area contributed by atoms with Crippen LogP contribution >= 0.6 is 0 Å². The minimum absolute atomic E-state index is 0.0483. The lowest BCUT2D eigenvalue weighted by Crippen LogP contribution is -2.35. The van der Waals surface area contributed by atoms with Crippen LogP contribution in [0.2, 0.25) is 0 Å². The van der Waals surface area contributed by atoms with Crippen molar-refractivity contribution in [3.05, 3.63) is 24.0 Å². The third-order valence-electron chi connectivity index (χ3n) is 1.90. The summed E-state index contributed by atoms with van der Waals surface area (Å²) in [6.07, 6.45) is 2.96. The maximum Gasteiger partial charge on any atom is 0.255 e. The van der Waals surface area contributed by atoms with Gasteiger partial charge in [0.05, 0.1) is 18.0 Å². The third-order valence-corrected chi connectivity index (χ3v) is 1.90. The molecule has 76 valence electrons. The molecule has 0 spiro atoms. The van der Waals surface area contributed by atoms with Crippen LogP contribution in [0.1, 0.15) is 17.3 Å². The summed E-state index contributed by atoms with van der Waals surface area (Å²) in [5.41, 5.74) is 5.95. The van der Waals surface area contributed by atoms with Gasteiger partial charge in [-0.1, -0.05) is 0 Å². The van der Waals surface area contributed by atoms with Crippen LogP contribution in [0.25, 0.3) is 0 Å². The first-order valence-electron chi connectivity index (χ1n) is 4.55. The van der Waals surface area contributed by atoms with Crippen LogP contribution in [-0.2, 0) is 0 Å². The molecule has 1 aromatic rings. The molecular weight excluding hydrogens is 180 g/mol. The van der Waals surface area contributed by atoms with E-state index in [1.54, 1.807) is 11.0 Å². The largest absolute Gasteiger partial charge is 0.338 e. The van der Waals surface area contributed by atoms with E-state index in [9.17, 15) is 4.79 Å². The molecule has 5 nitrogen and oxygen atoms in total. The van der Waals surface area contributed by atoms with Gasteiger partial charge in [0.2, 0.25) is 0 Å². The maximum atomic E-state index is 11.8. The van der Waals surface area contributed by atoms with Gasteiger partial charge < -0.3 is 10.6 Å². The molecular formula is C9H14N4O. The summed E-state index contributed by atoms with van der Waals surface area (Å²) in [4.78, 5) is 13.4. The Balaban J connectivity index is 2.73. The number of aromatic nitrogens is 2. The van der Waals surface area contributed by atoms with Gasteiger partial charge in [-0.3, -0.25) is 4.79 Å². The molecule has 1 heterocycles. The van der Waals surface area contributed by atoms with Gasteiger partial charge in [0.15, 0.2) is 0 Å². The summed E-state index contributed by atoms with van der Waals surface area (Å²) in [7, 11) is 0. The summed E-state index contributed by atoms with van der Waals surface area (Å²) in [6, 6.07) is 1.65. The molecule has 1 rings (SSSR count). The molecule has 0 atom stereocenters. The highest BCUT2D eigenvalue weighted by atomic mass is 16.2. The van der Waals surface area contributed by atoms with Crippen molar-refractivity contribution in [1.29, 1.82) is 0 Å². The van der Waals surface area contributed by atoms with Crippen molar-refractivity contribution in [1.82, 2.24) is 15.1 Å². The Hall–Kier alpha value is -1.49. The van der Waals surface area contributed by atoms with E-state index in [1.165, 1.54) is 12.4 Å². The van der Waals surface area contributed by atoms with Crippen molar-refractivity contribution < 1.29 is 4.79 Å². The molecule has 2 N–H and O–H groups in total. The number of hydrogen-bond acceptors (Lipinski definition) is 4. The van der Waals surface area contributed by atoms with Gasteiger partial charge in [-0.25, -0.2) is 0 Å². The first-order chi connectivity index (χ1) is 6.79. The average Bonchev–Trinajstić information content (AvgIpc) is 2.26. The van der Waals surface area contributed by atoms with E-state index in [0.717, 1.165) is 0 Å². The zero-order valence-electron chi connectivity index (χ0n) is 8.18. The van der Waals surface area contributed by atoms with E-state index in [0.29, 0.717) is 25.2 Å². The minimum Gasteiger partial charge on any atom is -0.338 e.